The van der Waals surface area contributed by atoms with E-state index in [0.717, 1.165) is 24.3 Å². The number of hydrogen-bond donors (Lipinski definition) is 1. The van der Waals surface area contributed by atoms with Crippen LogP contribution in [0, 0.1) is 0 Å². The molecule has 1 rings (SSSR count). The first-order valence-electron chi connectivity index (χ1n) is 4.39. The summed E-state index contributed by atoms with van der Waals surface area (Å²) in [6.45, 7) is 0. The Labute approximate surface area is 93.6 Å². The summed E-state index contributed by atoms with van der Waals surface area (Å²) >= 11 is 0. The van der Waals surface area contributed by atoms with Gasteiger partial charge in [-0.05, 0) is 17.7 Å². The highest BCUT2D eigenvalue weighted by atomic mass is 19.4. The molecule has 1 aromatic rings. The van der Waals surface area contributed by atoms with E-state index in [9.17, 15) is 22.8 Å². The van der Waals surface area contributed by atoms with Crippen molar-refractivity contribution < 1.29 is 32.6 Å². The summed E-state index contributed by atoms with van der Waals surface area (Å²) in [5.41, 5.74) is -0.00683. The van der Waals surface area contributed by atoms with E-state index >= 15 is 0 Å². The average Bonchev–Trinajstić information content (AvgIpc) is 2.18. The Morgan fingerprint density at radius 1 is 1.18 bits per heavy atom. The minimum atomic E-state index is -4.32. The maximum atomic E-state index is 12.0. The van der Waals surface area contributed by atoms with E-state index in [2.05, 4.69) is 4.74 Å². The van der Waals surface area contributed by atoms with Crippen molar-refractivity contribution in [3.05, 3.63) is 29.8 Å². The molecule has 4 nitrogen and oxygen atoms in total. The molecular weight excluding hydrogens is 241 g/mol. The standard InChI is InChI=1S/C10H7F3O4/c11-10(12,13)5-6-1-3-7(4-2-6)17-9(16)8(14)15/h1-4H,5H2,(H,14,15). The molecule has 1 N–H and O–H groups in total. The molecule has 1 aromatic carbocycles. The highest BCUT2D eigenvalue weighted by molar-refractivity contribution is 6.29. The topological polar surface area (TPSA) is 63.6 Å². The molecular formula is C10H7F3O4. The van der Waals surface area contributed by atoms with Crippen molar-refractivity contribution in [2.75, 3.05) is 0 Å². The molecule has 0 heterocycles. The molecule has 0 spiro atoms. The highest BCUT2D eigenvalue weighted by Crippen LogP contribution is 2.22. The molecule has 0 unspecified atom stereocenters. The molecule has 0 aromatic heterocycles. The van der Waals surface area contributed by atoms with Crippen LogP contribution in [-0.2, 0) is 16.0 Å². The predicted molar refractivity (Wildman–Crippen MR) is 49.5 cm³/mol. The summed E-state index contributed by atoms with van der Waals surface area (Å²) in [4.78, 5) is 20.8. The first-order chi connectivity index (χ1) is 7.78. The lowest BCUT2D eigenvalue weighted by Crippen LogP contribution is -2.19. The average molecular weight is 248 g/mol. The van der Waals surface area contributed by atoms with Crippen molar-refractivity contribution in [2.45, 2.75) is 12.6 Å². The number of carboxylic acids is 1. The van der Waals surface area contributed by atoms with Crippen molar-refractivity contribution in [3.8, 4) is 5.75 Å². The third kappa shape index (κ3) is 4.54. The van der Waals surface area contributed by atoms with E-state index in [1.54, 1.807) is 0 Å². The van der Waals surface area contributed by atoms with Gasteiger partial charge in [-0.3, -0.25) is 0 Å². The Balaban J connectivity index is 2.68. The number of ether oxygens (including phenoxy) is 1. The van der Waals surface area contributed by atoms with Gasteiger partial charge in [0.05, 0.1) is 6.42 Å². The van der Waals surface area contributed by atoms with E-state index in [4.69, 9.17) is 5.11 Å². The molecule has 0 saturated heterocycles. The minimum absolute atomic E-state index is 0.00683. The lowest BCUT2D eigenvalue weighted by Gasteiger charge is -2.06. The quantitative estimate of drug-likeness (QED) is 0.492. The van der Waals surface area contributed by atoms with Gasteiger partial charge in [-0.25, -0.2) is 9.59 Å². The van der Waals surface area contributed by atoms with Crippen LogP contribution in [0.5, 0.6) is 5.75 Å². The van der Waals surface area contributed by atoms with Gasteiger partial charge < -0.3 is 9.84 Å². The van der Waals surface area contributed by atoms with Gasteiger partial charge in [-0.1, -0.05) is 12.1 Å². The van der Waals surface area contributed by atoms with Gasteiger partial charge >= 0.3 is 18.1 Å². The molecule has 92 valence electrons. The molecule has 0 radical (unpaired) electrons. The van der Waals surface area contributed by atoms with Crippen molar-refractivity contribution in [3.63, 3.8) is 0 Å². The fourth-order valence-corrected chi connectivity index (χ4v) is 1.06. The Hall–Kier alpha value is -2.05. The fourth-order valence-electron chi connectivity index (χ4n) is 1.06. The second kappa shape index (κ2) is 4.86. The van der Waals surface area contributed by atoms with Crippen molar-refractivity contribution in [1.82, 2.24) is 0 Å². The number of carbonyl (C=O) groups is 2. The summed E-state index contributed by atoms with van der Waals surface area (Å²) in [6, 6.07) is 4.42. The van der Waals surface area contributed by atoms with Crippen LogP contribution in [0.25, 0.3) is 0 Å². The van der Waals surface area contributed by atoms with Gasteiger partial charge in [0.15, 0.2) is 0 Å². The Kier molecular flexibility index (Phi) is 3.72. The Morgan fingerprint density at radius 2 is 1.71 bits per heavy atom. The number of hydrogen-bond acceptors (Lipinski definition) is 3. The number of benzene rings is 1. The molecule has 0 aliphatic carbocycles. The summed E-state index contributed by atoms with van der Waals surface area (Å²) in [7, 11) is 0. The van der Waals surface area contributed by atoms with Crippen molar-refractivity contribution in [2.24, 2.45) is 0 Å². The van der Waals surface area contributed by atoms with Gasteiger partial charge in [0.1, 0.15) is 5.75 Å². The van der Waals surface area contributed by atoms with Gasteiger partial charge in [-0.2, -0.15) is 13.2 Å². The van der Waals surface area contributed by atoms with Crippen LogP contribution in [0.3, 0.4) is 0 Å². The lowest BCUT2D eigenvalue weighted by atomic mass is 10.1. The fraction of sp³-hybridized carbons (Fsp3) is 0.200. The van der Waals surface area contributed by atoms with E-state index in [-0.39, 0.29) is 11.3 Å². The second-order valence-electron chi connectivity index (χ2n) is 3.13. The highest BCUT2D eigenvalue weighted by Gasteiger charge is 2.27. The zero-order valence-electron chi connectivity index (χ0n) is 8.32. The van der Waals surface area contributed by atoms with E-state index in [1.807, 2.05) is 0 Å². The van der Waals surface area contributed by atoms with Crippen LogP contribution in [0.15, 0.2) is 24.3 Å². The van der Waals surface area contributed by atoms with E-state index in [0.29, 0.717) is 0 Å². The Morgan fingerprint density at radius 3 is 2.12 bits per heavy atom. The lowest BCUT2D eigenvalue weighted by molar-refractivity contribution is -0.158. The van der Waals surface area contributed by atoms with Crippen molar-refractivity contribution >= 4 is 11.9 Å². The molecule has 0 bridgehead atoms. The molecule has 0 aliphatic rings. The van der Waals surface area contributed by atoms with Gasteiger partial charge in [-0.15, -0.1) is 0 Å². The SMILES string of the molecule is O=C(O)C(=O)Oc1ccc(CC(F)(F)F)cc1. The van der Waals surface area contributed by atoms with Crippen LogP contribution in [-0.4, -0.2) is 23.2 Å². The van der Waals surface area contributed by atoms with Crippen molar-refractivity contribution in [1.29, 1.82) is 0 Å². The number of rotatable bonds is 2. The Bertz CT molecular complexity index is 422. The van der Waals surface area contributed by atoms with Crippen LogP contribution >= 0.6 is 0 Å². The number of esters is 1. The smallest absolute Gasteiger partial charge is 0.422 e. The third-order valence-electron chi connectivity index (χ3n) is 1.71. The zero-order chi connectivity index (χ0) is 13.1. The van der Waals surface area contributed by atoms with Gasteiger partial charge in [0.2, 0.25) is 0 Å². The number of carboxylic acid groups (broad SMARTS) is 1. The van der Waals surface area contributed by atoms with Crippen LogP contribution < -0.4 is 4.74 Å². The number of halogens is 3. The summed E-state index contributed by atoms with van der Waals surface area (Å²) in [5, 5.41) is 8.23. The molecule has 0 saturated carbocycles. The summed E-state index contributed by atoms with van der Waals surface area (Å²) in [6.07, 6.45) is -5.42. The molecule has 7 heteroatoms. The van der Waals surface area contributed by atoms with Crippen LogP contribution in [0.4, 0.5) is 13.2 Å². The van der Waals surface area contributed by atoms with Crippen LogP contribution in [0.2, 0.25) is 0 Å². The van der Waals surface area contributed by atoms with Gasteiger partial charge in [0, 0.05) is 0 Å². The second-order valence-corrected chi connectivity index (χ2v) is 3.13. The molecule has 0 amide bonds. The minimum Gasteiger partial charge on any atom is -0.473 e. The molecule has 0 atom stereocenters. The molecule has 0 fully saturated rings. The summed E-state index contributed by atoms with van der Waals surface area (Å²) < 4.78 is 40.3. The number of alkyl halides is 3. The maximum Gasteiger partial charge on any atom is 0.422 e. The number of aliphatic carboxylic acids is 1. The largest absolute Gasteiger partial charge is 0.473 e. The number of carbonyl (C=O) groups excluding carboxylic acids is 1. The normalized spacial score (nSPS) is 11.0. The zero-order valence-corrected chi connectivity index (χ0v) is 8.32. The molecule has 0 aliphatic heterocycles. The molecule has 17 heavy (non-hydrogen) atoms. The predicted octanol–water partition coefficient (Wildman–Crippen LogP) is 1.78. The van der Waals surface area contributed by atoms with Crippen LogP contribution in [0.1, 0.15) is 5.56 Å². The third-order valence-corrected chi connectivity index (χ3v) is 1.71. The van der Waals surface area contributed by atoms with Gasteiger partial charge in [0.25, 0.3) is 0 Å². The first kappa shape index (κ1) is 13.0. The first-order valence-corrected chi connectivity index (χ1v) is 4.39. The summed E-state index contributed by atoms with van der Waals surface area (Å²) in [5.74, 6) is -3.39. The maximum absolute atomic E-state index is 12.0. The van der Waals surface area contributed by atoms with E-state index < -0.39 is 24.5 Å². The van der Waals surface area contributed by atoms with E-state index in [1.165, 1.54) is 0 Å². The monoisotopic (exact) mass is 248 g/mol.